The van der Waals surface area contributed by atoms with Crippen LogP contribution in [0, 0.1) is 0 Å². The van der Waals surface area contributed by atoms with Crippen molar-refractivity contribution in [2.24, 2.45) is 4.99 Å². The Bertz CT molecular complexity index is 483. The van der Waals surface area contributed by atoms with E-state index in [1.54, 1.807) is 11.3 Å². The molecule has 8 heteroatoms. The number of unbranched alkanes of at least 4 members (excludes halogenated alkanes) is 1. The van der Waals surface area contributed by atoms with E-state index >= 15 is 0 Å². The quantitative estimate of drug-likeness (QED) is 0.422. The second-order valence-electron chi connectivity index (χ2n) is 5.52. The molecular formula is C15H25F3N4S. The van der Waals surface area contributed by atoms with E-state index in [1.807, 2.05) is 12.3 Å². The lowest BCUT2D eigenvalue weighted by Gasteiger charge is -2.11. The SMILES string of the molecule is CCNC(=NCc1nc(C(C)C)cs1)NCCCCC(F)(F)F. The summed E-state index contributed by atoms with van der Waals surface area (Å²) >= 11 is 1.57. The highest BCUT2D eigenvalue weighted by atomic mass is 32.1. The van der Waals surface area contributed by atoms with Crippen LogP contribution < -0.4 is 10.6 Å². The lowest BCUT2D eigenvalue weighted by molar-refractivity contribution is -0.135. The first-order valence-corrected chi connectivity index (χ1v) is 8.73. The van der Waals surface area contributed by atoms with Crippen LogP contribution in [0.25, 0.3) is 0 Å². The topological polar surface area (TPSA) is 49.3 Å². The highest BCUT2D eigenvalue weighted by Crippen LogP contribution is 2.21. The molecule has 1 aromatic rings. The Morgan fingerprint density at radius 3 is 2.61 bits per heavy atom. The molecule has 0 amide bonds. The van der Waals surface area contributed by atoms with E-state index < -0.39 is 12.6 Å². The van der Waals surface area contributed by atoms with Gasteiger partial charge in [0.05, 0.1) is 12.2 Å². The predicted octanol–water partition coefficient (Wildman–Crippen LogP) is 4.05. The van der Waals surface area contributed by atoms with E-state index in [-0.39, 0.29) is 6.42 Å². The average Bonchev–Trinajstić information content (AvgIpc) is 2.92. The first-order chi connectivity index (χ1) is 10.8. The fourth-order valence-corrected chi connectivity index (χ4v) is 2.69. The molecule has 132 valence electrons. The van der Waals surface area contributed by atoms with Gasteiger partial charge in [0.25, 0.3) is 0 Å². The number of nitrogens with one attached hydrogen (secondary N) is 2. The number of rotatable bonds is 8. The van der Waals surface area contributed by atoms with Gasteiger partial charge in [-0.25, -0.2) is 9.98 Å². The first-order valence-electron chi connectivity index (χ1n) is 7.85. The molecule has 0 saturated heterocycles. The zero-order valence-electron chi connectivity index (χ0n) is 13.8. The number of aromatic nitrogens is 1. The zero-order chi connectivity index (χ0) is 17.3. The van der Waals surface area contributed by atoms with Crippen molar-refractivity contribution in [2.75, 3.05) is 13.1 Å². The number of nitrogens with zero attached hydrogens (tertiary/aromatic N) is 2. The second kappa shape index (κ2) is 9.75. The molecule has 1 rings (SSSR count). The van der Waals surface area contributed by atoms with Crippen LogP contribution in [0.3, 0.4) is 0 Å². The van der Waals surface area contributed by atoms with Crippen molar-refractivity contribution in [3.05, 3.63) is 16.1 Å². The summed E-state index contributed by atoms with van der Waals surface area (Å²) in [6.07, 6.45) is -4.23. The van der Waals surface area contributed by atoms with Gasteiger partial charge in [-0.3, -0.25) is 0 Å². The number of aliphatic imine (C=N–C) groups is 1. The van der Waals surface area contributed by atoms with E-state index in [9.17, 15) is 13.2 Å². The number of hydrogen-bond donors (Lipinski definition) is 2. The van der Waals surface area contributed by atoms with Gasteiger partial charge in [-0.2, -0.15) is 13.2 Å². The lowest BCUT2D eigenvalue weighted by Crippen LogP contribution is -2.37. The van der Waals surface area contributed by atoms with E-state index in [2.05, 4.69) is 34.5 Å². The number of guanidine groups is 1. The number of hydrogen-bond acceptors (Lipinski definition) is 3. The first kappa shape index (κ1) is 19.7. The Labute approximate surface area is 139 Å². The summed E-state index contributed by atoms with van der Waals surface area (Å²) in [4.78, 5) is 8.93. The van der Waals surface area contributed by atoms with Crippen molar-refractivity contribution in [3.8, 4) is 0 Å². The number of halogens is 3. The molecule has 1 aromatic heterocycles. The molecule has 0 aliphatic carbocycles. The van der Waals surface area contributed by atoms with Crippen LogP contribution in [0.1, 0.15) is 56.7 Å². The third-order valence-corrected chi connectivity index (χ3v) is 3.91. The summed E-state index contributed by atoms with van der Waals surface area (Å²) in [6, 6.07) is 0. The van der Waals surface area contributed by atoms with E-state index in [1.165, 1.54) is 0 Å². The molecule has 1 heterocycles. The van der Waals surface area contributed by atoms with Crippen LogP contribution in [0.4, 0.5) is 13.2 Å². The minimum Gasteiger partial charge on any atom is -0.357 e. The zero-order valence-corrected chi connectivity index (χ0v) is 14.7. The molecule has 0 unspecified atom stereocenters. The molecule has 0 aliphatic heterocycles. The van der Waals surface area contributed by atoms with Crippen LogP contribution in [-0.2, 0) is 6.54 Å². The van der Waals surface area contributed by atoms with Gasteiger partial charge in [0, 0.05) is 24.9 Å². The summed E-state index contributed by atoms with van der Waals surface area (Å²) in [6.45, 7) is 7.76. The van der Waals surface area contributed by atoms with Gasteiger partial charge >= 0.3 is 6.18 Å². The van der Waals surface area contributed by atoms with Crippen LogP contribution in [0.15, 0.2) is 10.4 Å². The highest BCUT2D eigenvalue weighted by Gasteiger charge is 2.25. The Morgan fingerprint density at radius 2 is 2.04 bits per heavy atom. The fourth-order valence-electron chi connectivity index (χ4n) is 1.81. The molecule has 23 heavy (non-hydrogen) atoms. The Kier molecular flexibility index (Phi) is 8.36. The van der Waals surface area contributed by atoms with Crippen molar-refractivity contribution >= 4 is 17.3 Å². The van der Waals surface area contributed by atoms with Gasteiger partial charge in [-0.15, -0.1) is 11.3 Å². The van der Waals surface area contributed by atoms with Gasteiger partial charge in [0.2, 0.25) is 0 Å². The Morgan fingerprint density at radius 1 is 1.30 bits per heavy atom. The summed E-state index contributed by atoms with van der Waals surface area (Å²) in [5, 5.41) is 9.11. The van der Waals surface area contributed by atoms with Crippen molar-refractivity contribution < 1.29 is 13.2 Å². The lowest BCUT2D eigenvalue weighted by atomic mass is 10.2. The van der Waals surface area contributed by atoms with Gasteiger partial charge in [0.1, 0.15) is 5.01 Å². The van der Waals surface area contributed by atoms with Gasteiger partial charge in [0.15, 0.2) is 5.96 Å². The van der Waals surface area contributed by atoms with E-state index in [0.717, 1.165) is 10.7 Å². The maximum Gasteiger partial charge on any atom is 0.389 e. The smallest absolute Gasteiger partial charge is 0.357 e. The van der Waals surface area contributed by atoms with Gasteiger partial charge < -0.3 is 10.6 Å². The largest absolute Gasteiger partial charge is 0.389 e. The van der Waals surface area contributed by atoms with Crippen molar-refractivity contribution in [1.82, 2.24) is 15.6 Å². The highest BCUT2D eigenvalue weighted by molar-refractivity contribution is 7.09. The van der Waals surface area contributed by atoms with Crippen LogP contribution in [0.5, 0.6) is 0 Å². The van der Waals surface area contributed by atoms with E-state index in [4.69, 9.17) is 0 Å². The monoisotopic (exact) mass is 350 g/mol. The van der Waals surface area contributed by atoms with E-state index in [0.29, 0.717) is 37.9 Å². The fraction of sp³-hybridized carbons (Fsp3) is 0.733. The minimum atomic E-state index is -4.07. The summed E-state index contributed by atoms with van der Waals surface area (Å²) in [7, 11) is 0. The molecule has 2 N–H and O–H groups in total. The molecule has 0 fully saturated rings. The van der Waals surface area contributed by atoms with Crippen molar-refractivity contribution in [2.45, 2.75) is 58.7 Å². The standard InChI is InChI=1S/C15H25F3N4S/c1-4-19-14(20-8-6-5-7-15(16,17)18)21-9-13-22-12(10-23-13)11(2)3/h10-11H,4-9H2,1-3H3,(H2,19,20,21). The van der Waals surface area contributed by atoms with Crippen LogP contribution in [-0.4, -0.2) is 30.2 Å². The maximum absolute atomic E-state index is 12.1. The summed E-state index contributed by atoms with van der Waals surface area (Å²) < 4.78 is 36.2. The normalized spacial score (nSPS) is 12.7. The predicted molar refractivity (Wildman–Crippen MR) is 88.9 cm³/mol. The molecule has 0 bridgehead atoms. The molecule has 4 nitrogen and oxygen atoms in total. The van der Waals surface area contributed by atoms with Crippen LogP contribution >= 0.6 is 11.3 Å². The molecule has 0 spiro atoms. The summed E-state index contributed by atoms with van der Waals surface area (Å²) in [5.74, 6) is 1.00. The second-order valence-corrected chi connectivity index (χ2v) is 6.46. The third kappa shape index (κ3) is 8.78. The van der Waals surface area contributed by atoms with Gasteiger partial charge in [-0.05, 0) is 25.7 Å². The summed E-state index contributed by atoms with van der Waals surface area (Å²) in [5.41, 5.74) is 1.06. The molecule has 0 aliphatic rings. The van der Waals surface area contributed by atoms with Crippen molar-refractivity contribution in [3.63, 3.8) is 0 Å². The van der Waals surface area contributed by atoms with Crippen LogP contribution in [0.2, 0.25) is 0 Å². The Balaban J connectivity index is 2.40. The average molecular weight is 350 g/mol. The molecule has 0 atom stereocenters. The molecule has 0 radical (unpaired) electrons. The molecular weight excluding hydrogens is 325 g/mol. The Hall–Kier alpha value is -1.31. The molecule has 0 aromatic carbocycles. The number of thiazole rings is 1. The van der Waals surface area contributed by atoms with Crippen molar-refractivity contribution in [1.29, 1.82) is 0 Å². The van der Waals surface area contributed by atoms with Gasteiger partial charge in [-0.1, -0.05) is 13.8 Å². The third-order valence-electron chi connectivity index (χ3n) is 3.06. The minimum absolute atomic E-state index is 0.125. The molecule has 0 saturated carbocycles. The number of alkyl halides is 3. The maximum atomic E-state index is 12.1.